The molecule has 0 atom stereocenters. The molecule has 1 aromatic carbocycles. The lowest BCUT2D eigenvalue weighted by molar-refractivity contribution is 0.0959. The smallest absolute Gasteiger partial charge is 0.281 e. The number of carbonyl (C=O) groups is 1. The van der Waals surface area contributed by atoms with Gasteiger partial charge in [-0.3, -0.25) is 4.79 Å². The van der Waals surface area contributed by atoms with E-state index in [1.54, 1.807) is 37.4 Å². The maximum atomic E-state index is 11.7. The summed E-state index contributed by atoms with van der Waals surface area (Å²) in [6.45, 7) is 0. The minimum Gasteiger partial charge on any atom is -0.495 e. The third kappa shape index (κ3) is 3.67. The van der Waals surface area contributed by atoms with Gasteiger partial charge in [0, 0.05) is 5.56 Å². The Balaban J connectivity index is 1.68. The van der Waals surface area contributed by atoms with Crippen LogP contribution in [-0.4, -0.2) is 19.2 Å². The summed E-state index contributed by atoms with van der Waals surface area (Å²) in [6.07, 6.45) is 1.44. The van der Waals surface area contributed by atoms with Crippen LogP contribution >= 0.6 is 22.9 Å². The van der Waals surface area contributed by atoms with E-state index in [2.05, 4.69) is 10.5 Å². The highest BCUT2D eigenvalue weighted by Gasteiger charge is 2.08. The van der Waals surface area contributed by atoms with Gasteiger partial charge in [0.1, 0.15) is 17.3 Å². The molecule has 0 aliphatic rings. The van der Waals surface area contributed by atoms with Gasteiger partial charge < -0.3 is 9.15 Å². The number of methoxy groups -OCH3 is 1. The average molecular weight is 361 g/mol. The maximum absolute atomic E-state index is 11.7. The molecule has 0 aliphatic carbocycles. The lowest BCUT2D eigenvalue weighted by Gasteiger charge is -2.04. The van der Waals surface area contributed by atoms with E-state index in [4.69, 9.17) is 20.8 Å². The number of carbonyl (C=O) groups excluding carboxylic acids is 1. The van der Waals surface area contributed by atoms with Crippen LogP contribution in [0.2, 0.25) is 5.02 Å². The van der Waals surface area contributed by atoms with Crippen LogP contribution in [0.4, 0.5) is 0 Å². The quantitative estimate of drug-likeness (QED) is 0.540. The van der Waals surface area contributed by atoms with Crippen molar-refractivity contribution in [3.05, 3.63) is 63.5 Å². The summed E-state index contributed by atoms with van der Waals surface area (Å²) in [5.41, 5.74) is 3.27. The van der Waals surface area contributed by atoms with Gasteiger partial charge in [-0.2, -0.15) is 5.10 Å². The molecular weight excluding hydrogens is 348 g/mol. The second-order valence-electron chi connectivity index (χ2n) is 4.73. The highest BCUT2D eigenvalue weighted by Crippen LogP contribution is 2.30. The first kappa shape index (κ1) is 16.3. The summed E-state index contributed by atoms with van der Waals surface area (Å²) in [7, 11) is 1.56. The van der Waals surface area contributed by atoms with E-state index < -0.39 is 0 Å². The topological polar surface area (TPSA) is 63.8 Å². The predicted molar refractivity (Wildman–Crippen MR) is 95.1 cm³/mol. The number of halogens is 1. The molecular formula is C17H13ClN2O3S. The Hall–Kier alpha value is -2.57. The second-order valence-corrected chi connectivity index (χ2v) is 6.08. The van der Waals surface area contributed by atoms with Crippen molar-refractivity contribution in [3.63, 3.8) is 0 Å². The molecule has 0 saturated carbocycles. The third-order valence-corrected chi connectivity index (χ3v) is 4.33. The molecule has 0 spiro atoms. The van der Waals surface area contributed by atoms with E-state index in [0.29, 0.717) is 27.2 Å². The second kappa shape index (κ2) is 7.33. The zero-order valence-electron chi connectivity index (χ0n) is 12.7. The van der Waals surface area contributed by atoms with Crippen molar-refractivity contribution in [2.45, 2.75) is 0 Å². The largest absolute Gasteiger partial charge is 0.495 e. The number of hydrogen-bond acceptors (Lipinski definition) is 5. The van der Waals surface area contributed by atoms with Crippen LogP contribution in [0.15, 0.2) is 57.4 Å². The fourth-order valence-electron chi connectivity index (χ4n) is 2.01. The number of thiophene rings is 1. The molecule has 0 bridgehead atoms. The van der Waals surface area contributed by atoms with Gasteiger partial charge in [-0.1, -0.05) is 17.7 Å². The van der Waals surface area contributed by atoms with E-state index >= 15 is 0 Å². The van der Waals surface area contributed by atoms with Gasteiger partial charge in [-0.15, -0.1) is 11.3 Å². The maximum Gasteiger partial charge on any atom is 0.281 e. The Labute approximate surface area is 147 Å². The molecule has 0 fully saturated rings. The number of hydrazone groups is 1. The fraction of sp³-hybridized carbons (Fsp3) is 0.0588. The Bertz CT molecular complexity index is 872. The molecule has 0 radical (unpaired) electrons. The zero-order valence-corrected chi connectivity index (χ0v) is 14.2. The number of rotatable bonds is 5. The standard InChI is InChI=1S/C17H13ClN2O3S/c1-22-15-6-4-11(9-13(15)18)14-7-5-12(23-14)10-19-20-17(21)16-3-2-8-24-16/h2-10H,1H3,(H,20,21). The van der Waals surface area contributed by atoms with Crippen LogP contribution in [0.1, 0.15) is 15.4 Å². The highest BCUT2D eigenvalue weighted by molar-refractivity contribution is 7.12. The van der Waals surface area contributed by atoms with Crippen molar-refractivity contribution in [2.75, 3.05) is 7.11 Å². The molecule has 0 aliphatic heterocycles. The van der Waals surface area contributed by atoms with Crippen LogP contribution in [-0.2, 0) is 0 Å². The number of benzene rings is 1. The summed E-state index contributed by atoms with van der Waals surface area (Å²) in [4.78, 5) is 12.3. The molecule has 2 heterocycles. The minimum absolute atomic E-state index is 0.255. The molecule has 1 amide bonds. The van der Waals surface area contributed by atoms with Crippen LogP contribution in [0.3, 0.4) is 0 Å². The van der Waals surface area contributed by atoms with Crippen LogP contribution in [0.25, 0.3) is 11.3 Å². The monoisotopic (exact) mass is 360 g/mol. The first-order valence-electron chi connectivity index (χ1n) is 6.98. The van der Waals surface area contributed by atoms with Gasteiger partial charge in [-0.05, 0) is 41.8 Å². The molecule has 0 saturated heterocycles. The summed E-state index contributed by atoms with van der Waals surface area (Å²) in [5.74, 6) is 1.51. The number of nitrogens with one attached hydrogen (secondary N) is 1. The lowest BCUT2D eigenvalue weighted by atomic mass is 10.2. The van der Waals surface area contributed by atoms with Crippen LogP contribution in [0, 0.1) is 0 Å². The summed E-state index contributed by atoms with van der Waals surface area (Å²) in [5, 5.41) is 6.23. The number of nitrogens with zero attached hydrogens (tertiary/aromatic N) is 1. The van der Waals surface area contributed by atoms with Gasteiger partial charge in [0.2, 0.25) is 0 Å². The lowest BCUT2D eigenvalue weighted by Crippen LogP contribution is -2.15. The van der Waals surface area contributed by atoms with Crippen molar-refractivity contribution >= 4 is 35.1 Å². The zero-order chi connectivity index (χ0) is 16.9. The number of amides is 1. The average Bonchev–Trinajstić information content (AvgIpc) is 3.26. The molecule has 24 heavy (non-hydrogen) atoms. The van der Waals surface area contributed by atoms with Gasteiger partial charge in [0.15, 0.2) is 0 Å². The molecule has 3 aromatic rings. The first-order chi connectivity index (χ1) is 11.7. The van der Waals surface area contributed by atoms with Crippen molar-refractivity contribution < 1.29 is 13.9 Å². The molecule has 122 valence electrons. The van der Waals surface area contributed by atoms with Crippen LogP contribution in [0.5, 0.6) is 5.75 Å². The van der Waals surface area contributed by atoms with E-state index in [1.807, 2.05) is 17.5 Å². The summed E-state index contributed by atoms with van der Waals surface area (Å²) >= 11 is 7.46. The molecule has 2 aromatic heterocycles. The number of ether oxygens (including phenoxy) is 1. The van der Waals surface area contributed by atoms with Crippen molar-refractivity contribution in [3.8, 4) is 17.1 Å². The molecule has 1 N–H and O–H groups in total. The summed E-state index contributed by atoms with van der Waals surface area (Å²) < 4.78 is 10.8. The molecule has 3 rings (SSSR count). The van der Waals surface area contributed by atoms with E-state index in [9.17, 15) is 4.79 Å². The van der Waals surface area contributed by atoms with Gasteiger partial charge >= 0.3 is 0 Å². The van der Waals surface area contributed by atoms with Crippen molar-refractivity contribution in [2.24, 2.45) is 5.10 Å². The predicted octanol–water partition coefficient (Wildman–Crippen LogP) is 4.43. The van der Waals surface area contributed by atoms with E-state index in [1.165, 1.54) is 17.6 Å². The normalized spacial score (nSPS) is 10.9. The van der Waals surface area contributed by atoms with Crippen LogP contribution < -0.4 is 10.2 Å². The minimum atomic E-state index is -0.255. The Morgan fingerprint density at radius 3 is 2.92 bits per heavy atom. The van der Waals surface area contributed by atoms with E-state index in [0.717, 1.165) is 5.56 Å². The van der Waals surface area contributed by atoms with Crippen molar-refractivity contribution in [1.29, 1.82) is 0 Å². The summed E-state index contributed by atoms with van der Waals surface area (Å²) in [6, 6.07) is 12.5. The first-order valence-corrected chi connectivity index (χ1v) is 8.24. The Kier molecular flexibility index (Phi) is 4.98. The third-order valence-electron chi connectivity index (χ3n) is 3.17. The number of hydrogen-bond donors (Lipinski definition) is 1. The number of furan rings is 1. The SMILES string of the molecule is COc1ccc(-c2ccc(C=NNC(=O)c3cccs3)o2)cc1Cl. The molecule has 7 heteroatoms. The molecule has 5 nitrogen and oxygen atoms in total. The van der Waals surface area contributed by atoms with Gasteiger partial charge in [0.05, 0.1) is 23.2 Å². The van der Waals surface area contributed by atoms with E-state index in [-0.39, 0.29) is 5.91 Å². The van der Waals surface area contributed by atoms with Gasteiger partial charge in [0.25, 0.3) is 5.91 Å². The Morgan fingerprint density at radius 2 is 2.21 bits per heavy atom. The van der Waals surface area contributed by atoms with Gasteiger partial charge in [-0.25, -0.2) is 5.43 Å². The highest BCUT2D eigenvalue weighted by atomic mass is 35.5. The van der Waals surface area contributed by atoms with Crippen molar-refractivity contribution in [1.82, 2.24) is 5.43 Å². The molecule has 0 unspecified atom stereocenters. The fourth-order valence-corrected chi connectivity index (χ4v) is 2.89. The Morgan fingerprint density at radius 1 is 1.33 bits per heavy atom.